The summed E-state index contributed by atoms with van der Waals surface area (Å²) in [6.07, 6.45) is 5.90. The Kier molecular flexibility index (Phi) is 5.64. The second-order valence-electron chi connectivity index (χ2n) is 4.06. The molecule has 4 nitrogen and oxygen atoms in total. The molecule has 1 aromatic heterocycles. The Bertz CT molecular complexity index is 302. The highest BCUT2D eigenvalue weighted by atomic mass is 16.5. The molecule has 0 bridgehead atoms. The van der Waals surface area contributed by atoms with Crippen molar-refractivity contribution in [1.82, 2.24) is 4.98 Å². The lowest BCUT2D eigenvalue weighted by Gasteiger charge is -2.08. The van der Waals surface area contributed by atoms with E-state index in [1.165, 1.54) is 0 Å². The fourth-order valence-corrected chi connectivity index (χ4v) is 1.33. The van der Waals surface area contributed by atoms with E-state index in [0.717, 1.165) is 31.7 Å². The summed E-state index contributed by atoms with van der Waals surface area (Å²) >= 11 is 0. The van der Waals surface area contributed by atoms with Crippen LogP contribution in [0.15, 0.2) is 18.5 Å². The predicted octanol–water partition coefficient (Wildman–Crippen LogP) is 2.28. The molecule has 0 aromatic carbocycles. The second kappa shape index (κ2) is 7.06. The third-order valence-corrected chi connectivity index (χ3v) is 2.11. The number of unbranched alkanes of at least 4 members (excludes halogenated alkanes) is 1. The lowest BCUT2D eigenvalue weighted by molar-refractivity contribution is 0.0765. The summed E-state index contributed by atoms with van der Waals surface area (Å²) in [6, 6.07) is 1.89. The molecular formula is C12H21N3O. The molecule has 0 fully saturated rings. The van der Waals surface area contributed by atoms with Gasteiger partial charge in [0.1, 0.15) is 0 Å². The smallest absolute Gasteiger partial charge is 0.0547 e. The molecule has 0 amide bonds. The summed E-state index contributed by atoms with van der Waals surface area (Å²) in [5.74, 6) is 0. The summed E-state index contributed by atoms with van der Waals surface area (Å²) in [4.78, 5) is 4.01. The number of nitrogens with one attached hydrogen (secondary N) is 1. The van der Waals surface area contributed by atoms with Gasteiger partial charge in [-0.25, -0.2) is 0 Å². The molecule has 1 heterocycles. The van der Waals surface area contributed by atoms with Crippen LogP contribution in [0.5, 0.6) is 0 Å². The van der Waals surface area contributed by atoms with Gasteiger partial charge in [-0.15, -0.1) is 0 Å². The summed E-state index contributed by atoms with van der Waals surface area (Å²) in [6.45, 7) is 5.86. The predicted molar refractivity (Wildman–Crippen MR) is 67.5 cm³/mol. The lowest BCUT2D eigenvalue weighted by atomic mass is 10.3. The van der Waals surface area contributed by atoms with Crippen molar-refractivity contribution in [2.45, 2.75) is 32.8 Å². The van der Waals surface area contributed by atoms with Gasteiger partial charge in [0, 0.05) is 19.3 Å². The van der Waals surface area contributed by atoms with Crippen molar-refractivity contribution in [3.05, 3.63) is 18.5 Å². The Labute approximate surface area is 97.2 Å². The Balaban J connectivity index is 2.07. The van der Waals surface area contributed by atoms with E-state index in [9.17, 15) is 0 Å². The third kappa shape index (κ3) is 5.56. The maximum Gasteiger partial charge on any atom is 0.0547 e. The fourth-order valence-electron chi connectivity index (χ4n) is 1.33. The largest absolute Gasteiger partial charge is 0.397 e. The first-order valence-corrected chi connectivity index (χ1v) is 5.74. The van der Waals surface area contributed by atoms with Crippen LogP contribution in [0.25, 0.3) is 0 Å². The number of ether oxygens (including phenoxy) is 1. The molecule has 1 rings (SSSR count). The van der Waals surface area contributed by atoms with Crippen molar-refractivity contribution in [1.29, 1.82) is 0 Å². The molecule has 0 unspecified atom stereocenters. The number of hydrogen-bond acceptors (Lipinski definition) is 4. The monoisotopic (exact) mass is 223 g/mol. The third-order valence-electron chi connectivity index (χ3n) is 2.11. The number of pyridine rings is 1. The van der Waals surface area contributed by atoms with Crippen LogP contribution in [0.1, 0.15) is 26.7 Å². The van der Waals surface area contributed by atoms with E-state index >= 15 is 0 Å². The van der Waals surface area contributed by atoms with Gasteiger partial charge >= 0.3 is 0 Å². The van der Waals surface area contributed by atoms with Crippen LogP contribution in [0.2, 0.25) is 0 Å². The number of aromatic nitrogens is 1. The van der Waals surface area contributed by atoms with Crippen LogP contribution < -0.4 is 11.1 Å². The normalized spacial score (nSPS) is 10.7. The fraction of sp³-hybridized carbons (Fsp3) is 0.583. The Morgan fingerprint density at radius 3 is 2.88 bits per heavy atom. The number of nitrogen functional groups attached to an aromatic ring is 1. The number of rotatable bonds is 7. The van der Waals surface area contributed by atoms with Gasteiger partial charge in [-0.1, -0.05) is 0 Å². The van der Waals surface area contributed by atoms with Crippen LogP contribution in [0.3, 0.4) is 0 Å². The molecule has 90 valence electrons. The van der Waals surface area contributed by atoms with E-state index in [0.29, 0.717) is 11.8 Å². The summed E-state index contributed by atoms with van der Waals surface area (Å²) in [5.41, 5.74) is 7.29. The molecule has 16 heavy (non-hydrogen) atoms. The quantitative estimate of drug-likeness (QED) is 0.696. The zero-order valence-electron chi connectivity index (χ0n) is 10.1. The van der Waals surface area contributed by atoms with E-state index < -0.39 is 0 Å². The Morgan fingerprint density at radius 1 is 1.38 bits per heavy atom. The highest BCUT2D eigenvalue weighted by Gasteiger charge is 1.95. The Hall–Kier alpha value is -1.29. The molecule has 1 aromatic rings. The van der Waals surface area contributed by atoms with Gasteiger partial charge in [0.05, 0.1) is 23.7 Å². The topological polar surface area (TPSA) is 60.2 Å². The Morgan fingerprint density at radius 2 is 2.19 bits per heavy atom. The van der Waals surface area contributed by atoms with Gasteiger partial charge in [-0.05, 0) is 32.8 Å². The first-order valence-electron chi connectivity index (χ1n) is 5.74. The zero-order chi connectivity index (χ0) is 11.8. The molecule has 0 spiro atoms. The molecule has 0 aliphatic carbocycles. The zero-order valence-corrected chi connectivity index (χ0v) is 10.1. The minimum absolute atomic E-state index is 0.325. The van der Waals surface area contributed by atoms with E-state index in [-0.39, 0.29) is 0 Å². The van der Waals surface area contributed by atoms with E-state index in [1.807, 2.05) is 6.07 Å². The first-order chi connectivity index (χ1) is 7.68. The molecule has 0 aliphatic heterocycles. The van der Waals surface area contributed by atoms with Crippen LogP contribution in [0.4, 0.5) is 11.4 Å². The highest BCUT2D eigenvalue weighted by molar-refractivity contribution is 5.51. The summed E-state index contributed by atoms with van der Waals surface area (Å²) in [5, 5.41) is 3.28. The lowest BCUT2D eigenvalue weighted by Crippen LogP contribution is -2.07. The van der Waals surface area contributed by atoms with Gasteiger partial charge < -0.3 is 15.8 Å². The molecule has 0 aliphatic rings. The van der Waals surface area contributed by atoms with E-state index in [2.05, 4.69) is 24.1 Å². The van der Waals surface area contributed by atoms with Gasteiger partial charge in [0.25, 0.3) is 0 Å². The van der Waals surface area contributed by atoms with Gasteiger partial charge in [-0.2, -0.15) is 0 Å². The molecule has 0 radical (unpaired) electrons. The molecule has 4 heteroatoms. The SMILES string of the molecule is CC(C)OCCCCNc1cncc(N)c1. The summed E-state index contributed by atoms with van der Waals surface area (Å²) in [7, 11) is 0. The van der Waals surface area contributed by atoms with Crippen molar-refractivity contribution in [2.24, 2.45) is 0 Å². The van der Waals surface area contributed by atoms with Gasteiger partial charge in [0.15, 0.2) is 0 Å². The number of anilines is 2. The minimum atomic E-state index is 0.325. The van der Waals surface area contributed by atoms with E-state index in [1.54, 1.807) is 12.4 Å². The van der Waals surface area contributed by atoms with Crippen molar-refractivity contribution in [2.75, 3.05) is 24.2 Å². The molecule has 0 saturated carbocycles. The number of nitrogens with zero attached hydrogens (tertiary/aromatic N) is 1. The van der Waals surface area contributed by atoms with Crippen molar-refractivity contribution in [3.63, 3.8) is 0 Å². The second-order valence-corrected chi connectivity index (χ2v) is 4.06. The average molecular weight is 223 g/mol. The molecule has 0 atom stereocenters. The first kappa shape index (κ1) is 12.8. The van der Waals surface area contributed by atoms with Crippen molar-refractivity contribution in [3.8, 4) is 0 Å². The van der Waals surface area contributed by atoms with Gasteiger partial charge in [-0.3, -0.25) is 4.98 Å². The maximum absolute atomic E-state index is 5.62. The summed E-state index contributed by atoms with van der Waals surface area (Å²) < 4.78 is 5.45. The minimum Gasteiger partial charge on any atom is -0.397 e. The number of nitrogens with two attached hydrogens (primary N) is 1. The van der Waals surface area contributed by atoms with Crippen LogP contribution >= 0.6 is 0 Å². The standard InChI is InChI=1S/C12H21N3O/c1-10(2)16-6-4-3-5-15-12-7-11(13)8-14-9-12/h7-10,15H,3-6,13H2,1-2H3. The number of hydrogen-bond donors (Lipinski definition) is 2. The molecular weight excluding hydrogens is 202 g/mol. The van der Waals surface area contributed by atoms with Crippen LogP contribution in [0, 0.1) is 0 Å². The average Bonchev–Trinajstić information content (AvgIpc) is 2.23. The molecule has 3 N–H and O–H groups in total. The molecule has 0 saturated heterocycles. The highest BCUT2D eigenvalue weighted by Crippen LogP contribution is 2.09. The van der Waals surface area contributed by atoms with Crippen LogP contribution in [-0.4, -0.2) is 24.2 Å². The maximum atomic E-state index is 5.62. The van der Waals surface area contributed by atoms with Crippen LogP contribution in [-0.2, 0) is 4.74 Å². The van der Waals surface area contributed by atoms with Crippen molar-refractivity contribution >= 4 is 11.4 Å². The van der Waals surface area contributed by atoms with Crippen molar-refractivity contribution < 1.29 is 4.74 Å². The van der Waals surface area contributed by atoms with Gasteiger partial charge in [0.2, 0.25) is 0 Å². The van der Waals surface area contributed by atoms with E-state index in [4.69, 9.17) is 10.5 Å².